The van der Waals surface area contributed by atoms with Gasteiger partial charge in [0.05, 0.1) is 16.2 Å². The molecule has 7 nitrogen and oxygen atoms in total. The van der Waals surface area contributed by atoms with Crippen molar-refractivity contribution in [1.82, 2.24) is 0 Å². The van der Waals surface area contributed by atoms with Crippen molar-refractivity contribution in [3.8, 4) is 6.07 Å². The number of carboxylic acids is 1. The molecule has 1 saturated carbocycles. The summed E-state index contributed by atoms with van der Waals surface area (Å²) in [4.78, 5) is 21.5. The highest BCUT2D eigenvalue weighted by molar-refractivity contribution is 5.84. The lowest BCUT2D eigenvalue weighted by Crippen LogP contribution is -2.45. The van der Waals surface area contributed by atoms with E-state index in [0.29, 0.717) is 5.69 Å². The van der Waals surface area contributed by atoms with Crippen LogP contribution in [0.5, 0.6) is 0 Å². The van der Waals surface area contributed by atoms with Gasteiger partial charge in [0.1, 0.15) is 11.6 Å². The van der Waals surface area contributed by atoms with Gasteiger partial charge >= 0.3 is 5.97 Å². The average molecular weight is 275 g/mol. The SMILES string of the molecule is CC(Nc1ccc([N+](=O)[O-])cc1C#N)(C(=O)O)C1CC1. The van der Waals surface area contributed by atoms with Gasteiger partial charge in [0.15, 0.2) is 0 Å². The predicted molar refractivity (Wildman–Crippen MR) is 70.2 cm³/mol. The zero-order chi connectivity index (χ0) is 14.9. The summed E-state index contributed by atoms with van der Waals surface area (Å²) in [6.07, 6.45) is 1.62. The molecule has 1 unspecified atom stereocenters. The number of hydrogen-bond acceptors (Lipinski definition) is 5. The summed E-state index contributed by atoms with van der Waals surface area (Å²) in [5, 5.41) is 31.9. The van der Waals surface area contributed by atoms with Gasteiger partial charge in [-0.15, -0.1) is 0 Å². The minimum Gasteiger partial charge on any atom is -0.480 e. The number of benzene rings is 1. The number of carboxylic acid groups (broad SMARTS) is 1. The van der Waals surface area contributed by atoms with Crippen LogP contribution in [0.4, 0.5) is 11.4 Å². The number of hydrogen-bond donors (Lipinski definition) is 2. The summed E-state index contributed by atoms with van der Waals surface area (Å²) < 4.78 is 0. The minimum absolute atomic E-state index is 0.00161. The molecule has 1 aliphatic carbocycles. The lowest BCUT2D eigenvalue weighted by molar-refractivity contribution is -0.384. The zero-order valence-corrected chi connectivity index (χ0v) is 10.8. The molecule has 20 heavy (non-hydrogen) atoms. The fraction of sp³-hybridized carbons (Fsp3) is 0.385. The van der Waals surface area contributed by atoms with E-state index in [1.807, 2.05) is 6.07 Å². The second kappa shape index (κ2) is 4.81. The molecule has 0 aliphatic heterocycles. The van der Waals surface area contributed by atoms with E-state index in [-0.39, 0.29) is 17.2 Å². The molecule has 104 valence electrons. The number of non-ortho nitro benzene ring substituents is 1. The van der Waals surface area contributed by atoms with Crippen molar-refractivity contribution in [3.05, 3.63) is 33.9 Å². The number of anilines is 1. The highest BCUT2D eigenvalue weighted by atomic mass is 16.6. The van der Waals surface area contributed by atoms with Gasteiger partial charge in [0.2, 0.25) is 0 Å². The predicted octanol–water partition coefficient (Wildman–Crippen LogP) is 2.13. The van der Waals surface area contributed by atoms with E-state index in [2.05, 4.69) is 5.32 Å². The van der Waals surface area contributed by atoms with Gasteiger partial charge in [-0.2, -0.15) is 5.26 Å². The van der Waals surface area contributed by atoms with Gasteiger partial charge in [0.25, 0.3) is 5.69 Å². The molecule has 0 aromatic heterocycles. The van der Waals surface area contributed by atoms with Crippen LogP contribution < -0.4 is 5.32 Å². The molecule has 0 heterocycles. The monoisotopic (exact) mass is 275 g/mol. The van der Waals surface area contributed by atoms with Crippen LogP contribution in [-0.4, -0.2) is 21.5 Å². The van der Waals surface area contributed by atoms with Gasteiger partial charge in [-0.05, 0) is 31.7 Å². The number of nitrogens with zero attached hydrogens (tertiary/aromatic N) is 2. The first kappa shape index (κ1) is 13.8. The molecule has 2 rings (SSSR count). The second-order valence-electron chi connectivity index (χ2n) is 5.01. The maximum absolute atomic E-state index is 11.4. The number of nitriles is 1. The quantitative estimate of drug-likeness (QED) is 0.628. The first-order chi connectivity index (χ1) is 9.38. The first-order valence-corrected chi connectivity index (χ1v) is 6.08. The van der Waals surface area contributed by atoms with Crippen LogP contribution in [0.2, 0.25) is 0 Å². The van der Waals surface area contributed by atoms with Crippen molar-refractivity contribution in [2.75, 3.05) is 5.32 Å². The van der Waals surface area contributed by atoms with Gasteiger partial charge in [-0.1, -0.05) is 0 Å². The maximum Gasteiger partial charge on any atom is 0.329 e. The summed E-state index contributed by atoms with van der Waals surface area (Å²) in [6.45, 7) is 1.57. The van der Waals surface area contributed by atoms with E-state index in [9.17, 15) is 20.0 Å². The lowest BCUT2D eigenvalue weighted by Gasteiger charge is -2.27. The Labute approximate surface area is 115 Å². The molecule has 0 spiro atoms. The van der Waals surface area contributed by atoms with Crippen molar-refractivity contribution in [2.45, 2.75) is 25.3 Å². The van der Waals surface area contributed by atoms with Crippen LogP contribution in [0.1, 0.15) is 25.3 Å². The standard InChI is InChI=1S/C13H13N3O4/c1-13(12(17)18,9-2-3-9)15-11-5-4-10(16(19)20)6-8(11)7-14/h4-6,9,15H,2-3H2,1H3,(H,17,18). The van der Waals surface area contributed by atoms with E-state index in [1.165, 1.54) is 12.1 Å². The third-order valence-corrected chi connectivity index (χ3v) is 3.57. The van der Waals surface area contributed by atoms with E-state index in [1.54, 1.807) is 6.92 Å². The Morgan fingerprint density at radius 2 is 2.25 bits per heavy atom. The molecule has 7 heteroatoms. The van der Waals surface area contributed by atoms with Crippen molar-refractivity contribution in [3.63, 3.8) is 0 Å². The van der Waals surface area contributed by atoms with Gasteiger partial charge in [-0.25, -0.2) is 4.79 Å². The summed E-state index contributed by atoms with van der Waals surface area (Å²) in [7, 11) is 0. The van der Waals surface area contributed by atoms with Crippen LogP contribution in [0.15, 0.2) is 18.2 Å². The molecule has 2 N–H and O–H groups in total. The summed E-state index contributed by atoms with van der Waals surface area (Å²) in [6, 6.07) is 5.61. The zero-order valence-electron chi connectivity index (χ0n) is 10.8. The van der Waals surface area contributed by atoms with Gasteiger partial charge in [-0.3, -0.25) is 10.1 Å². The number of nitrogens with one attached hydrogen (secondary N) is 1. The van der Waals surface area contributed by atoms with Gasteiger partial charge < -0.3 is 10.4 Å². The number of carbonyl (C=O) groups is 1. The molecule has 0 saturated heterocycles. The molecule has 0 bridgehead atoms. The summed E-state index contributed by atoms with van der Waals surface area (Å²) >= 11 is 0. The molecule has 1 aromatic carbocycles. The Balaban J connectivity index is 2.36. The molecule has 0 radical (unpaired) electrons. The van der Waals surface area contributed by atoms with Crippen molar-refractivity contribution in [1.29, 1.82) is 5.26 Å². The molecule has 1 aliphatic rings. The van der Waals surface area contributed by atoms with Crippen molar-refractivity contribution >= 4 is 17.3 Å². The summed E-state index contributed by atoms with van der Waals surface area (Å²) in [5.74, 6) is -0.996. The number of nitro groups is 1. The normalized spacial score (nSPS) is 16.8. The van der Waals surface area contributed by atoms with Crippen LogP contribution in [0, 0.1) is 27.4 Å². The van der Waals surface area contributed by atoms with Crippen molar-refractivity contribution in [2.24, 2.45) is 5.92 Å². The van der Waals surface area contributed by atoms with Crippen LogP contribution >= 0.6 is 0 Å². The number of aliphatic carboxylic acids is 1. The fourth-order valence-electron chi connectivity index (χ4n) is 2.12. The van der Waals surface area contributed by atoms with E-state index < -0.39 is 16.4 Å². The number of rotatable bonds is 5. The summed E-state index contributed by atoms with van der Waals surface area (Å²) in [5.41, 5.74) is -1.00. The Morgan fingerprint density at radius 3 is 2.70 bits per heavy atom. The minimum atomic E-state index is -1.16. The Hall–Kier alpha value is -2.62. The molecule has 1 fully saturated rings. The topological polar surface area (TPSA) is 116 Å². The third kappa shape index (κ3) is 2.40. The molecule has 1 atom stereocenters. The maximum atomic E-state index is 11.4. The van der Waals surface area contributed by atoms with Crippen LogP contribution in [0.3, 0.4) is 0 Å². The van der Waals surface area contributed by atoms with E-state index in [4.69, 9.17) is 5.26 Å². The molecule has 0 amide bonds. The highest BCUT2D eigenvalue weighted by Gasteiger charge is 2.47. The Kier molecular flexibility index (Phi) is 3.32. The third-order valence-electron chi connectivity index (χ3n) is 3.57. The van der Waals surface area contributed by atoms with Crippen LogP contribution in [0.25, 0.3) is 0 Å². The first-order valence-electron chi connectivity index (χ1n) is 6.08. The molecule has 1 aromatic rings. The van der Waals surface area contributed by atoms with E-state index in [0.717, 1.165) is 18.9 Å². The lowest BCUT2D eigenvalue weighted by atomic mass is 9.95. The molecular weight excluding hydrogens is 262 g/mol. The largest absolute Gasteiger partial charge is 0.480 e. The van der Waals surface area contributed by atoms with E-state index >= 15 is 0 Å². The van der Waals surface area contributed by atoms with Crippen molar-refractivity contribution < 1.29 is 14.8 Å². The fourth-order valence-corrected chi connectivity index (χ4v) is 2.12. The van der Waals surface area contributed by atoms with Gasteiger partial charge in [0, 0.05) is 12.1 Å². The number of nitro benzene ring substituents is 1. The van der Waals surface area contributed by atoms with Crippen LogP contribution in [-0.2, 0) is 4.79 Å². The average Bonchev–Trinajstić information content (AvgIpc) is 3.23. The highest BCUT2D eigenvalue weighted by Crippen LogP contribution is 2.42. The second-order valence-corrected chi connectivity index (χ2v) is 5.01. The Bertz CT molecular complexity index is 619. The molecular formula is C13H13N3O4. The Morgan fingerprint density at radius 1 is 1.60 bits per heavy atom. The smallest absolute Gasteiger partial charge is 0.329 e.